The molecule has 178 valence electrons. The molecule has 0 fully saturated rings. The number of halogens is 3. The van der Waals surface area contributed by atoms with Crippen molar-refractivity contribution in [1.82, 2.24) is 14.7 Å². The Morgan fingerprint density at radius 3 is 2.41 bits per heavy atom. The third kappa shape index (κ3) is 5.08. The zero-order valence-electron chi connectivity index (χ0n) is 18.7. The molecular weight excluding hydrogens is 453 g/mol. The number of aryl methyl sites for hydroxylation is 1. The van der Waals surface area contributed by atoms with Gasteiger partial charge in [0.15, 0.2) is 5.69 Å². The van der Waals surface area contributed by atoms with Crippen LogP contribution in [0.4, 0.5) is 18.9 Å². The Labute approximate surface area is 192 Å². The molecule has 0 spiro atoms. The van der Waals surface area contributed by atoms with E-state index in [1.54, 1.807) is 14.1 Å². The molecule has 2 amide bonds. The number of methoxy groups -OCH3 is 1. The van der Waals surface area contributed by atoms with E-state index in [2.05, 4.69) is 10.4 Å². The molecular formula is C23H21F3N4O4. The Bertz CT molecular complexity index is 1320. The first-order chi connectivity index (χ1) is 15.9. The summed E-state index contributed by atoms with van der Waals surface area (Å²) in [6.07, 6.45) is -4.57. The standard InChI is InChI=1S/C23H21F3N4O4/c1-13-10-18(31)20(28-30(13)16-7-5-6-15(12-16)23(24,25)26)21(32)27-17-11-14(22(33)29(2)3)8-9-19(17)34-4/h5-12H,1-4H3,(H,27,32). The lowest BCUT2D eigenvalue weighted by Gasteiger charge is -2.15. The summed E-state index contributed by atoms with van der Waals surface area (Å²) < 4.78 is 45.7. The molecule has 3 aromatic rings. The summed E-state index contributed by atoms with van der Waals surface area (Å²) in [6, 6.07) is 9.84. The Morgan fingerprint density at radius 1 is 1.09 bits per heavy atom. The molecule has 0 bridgehead atoms. The van der Waals surface area contributed by atoms with Crippen LogP contribution in [0, 0.1) is 6.92 Å². The summed E-state index contributed by atoms with van der Waals surface area (Å²) >= 11 is 0. The molecule has 1 N–H and O–H groups in total. The van der Waals surface area contributed by atoms with Crippen LogP contribution in [0.15, 0.2) is 53.3 Å². The van der Waals surface area contributed by atoms with Crippen molar-refractivity contribution in [2.75, 3.05) is 26.5 Å². The number of aromatic nitrogens is 2. The number of benzene rings is 2. The number of alkyl halides is 3. The summed E-state index contributed by atoms with van der Waals surface area (Å²) in [7, 11) is 4.50. The molecule has 1 heterocycles. The van der Waals surface area contributed by atoms with E-state index in [4.69, 9.17) is 4.74 Å². The second-order valence-corrected chi connectivity index (χ2v) is 7.53. The number of hydrogen-bond donors (Lipinski definition) is 1. The quantitative estimate of drug-likeness (QED) is 0.611. The third-order valence-corrected chi connectivity index (χ3v) is 4.84. The second-order valence-electron chi connectivity index (χ2n) is 7.53. The predicted octanol–water partition coefficient (Wildman–Crippen LogP) is 3.52. The maximum absolute atomic E-state index is 13.1. The van der Waals surface area contributed by atoms with E-state index in [1.807, 2.05) is 0 Å². The molecule has 0 aliphatic heterocycles. The number of rotatable bonds is 5. The van der Waals surface area contributed by atoms with Gasteiger partial charge in [0.1, 0.15) is 5.75 Å². The Hall–Kier alpha value is -4.15. The van der Waals surface area contributed by atoms with Crippen molar-refractivity contribution in [3.8, 4) is 11.4 Å². The Morgan fingerprint density at radius 2 is 1.79 bits per heavy atom. The molecule has 3 rings (SSSR count). The maximum atomic E-state index is 13.1. The van der Waals surface area contributed by atoms with E-state index < -0.39 is 28.8 Å². The number of hydrogen-bond acceptors (Lipinski definition) is 5. The van der Waals surface area contributed by atoms with E-state index in [-0.39, 0.29) is 34.3 Å². The Balaban J connectivity index is 2.02. The van der Waals surface area contributed by atoms with Crippen molar-refractivity contribution in [3.05, 3.63) is 81.3 Å². The smallest absolute Gasteiger partial charge is 0.416 e. The highest BCUT2D eigenvalue weighted by molar-refractivity contribution is 6.04. The van der Waals surface area contributed by atoms with Gasteiger partial charge in [-0.25, -0.2) is 4.68 Å². The number of amides is 2. The molecule has 1 aromatic heterocycles. The zero-order valence-corrected chi connectivity index (χ0v) is 18.7. The lowest BCUT2D eigenvalue weighted by Crippen LogP contribution is -2.27. The minimum Gasteiger partial charge on any atom is -0.495 e. The number of carbonyl (C=O) groups excluding carboxylic acids is 2. The molecule has 0 saturated heterocycles. The van der Waals surface area contributed by atoms with Crippen LogP contribution in [0.5, 0.6) is 5.75 Å². The number of nitrogens with one attached hydrogen (secondary N) is 1. The number of anilines is 1. The molecule has 0 saturated carbocycles. The average Bonchev–Trinajstić information content (AvgIpc) is 2.78. The highest BCUT2D eigenvalue weighted by Gasteiger charge is 2.30. The van der Waals surface area contributed by atoms with Gasteiger partial charge in [-0.15, -0.1) is 0 Å². The first-order valence-electron chi connectivity index (χ1n) is 9.92. The van der Waals surface area contributed by atoms with Gasteiger partial charge in [0.2, 0.25) is 5.43 Å². The van der Waals surface area contributed by atoms with E-state index in [0.29, 0.717) is 0 Å². The van der Waals surface area contributed by atoms with Gasteiger partial charge in [0.25, 0.3) is 11.8 Å². The topological polar surface area (TPSA) is 93.5 Å². The van der Waals surface area contributed by atoms with Crippen LogP contribution < -0.4 is 15.5 Å². The summed E-state index contributed by atoms with van der Waals surface area (Å²) in [5.41, 5.74) is -1.53. The number of ether oxygens (including phenoxy) is 1. The van der Waals surface area contributed by atoms with Crippen molar-refractivity contribution in [1.29, 1.82) is 0 Å². The van der Waals surface area contributed by atoms with Gasteiger partial charge in [0.05, 0.1) is 24.0 Å². The molecule has 0 aliphatic rings. The van der Waals surface area contributed by atoms with Crippen LogP contribution in [0.25, 0.3) is 5.69 Å². The maximum Gasteiger partial charge on any atom is 0.416 e. The third-order valence-electron chi connectivity index (χ3n) is 4.84. The monoisotopic (exact) mass is 474 g/mol. The summed E-state index contributed by atoms with van der Waals surface area (Å²) in [5, 5.41) is 6.51. The lowest BCUT2D eigenvalue weighted by atomic mass is 10.1. The molecule has 0 aliphatic carbocycles. The summed E-state index contributed by atoms with van der Waals surface area (Å²) in [6.45, 7) is 1.48. The van der Waals surface area contributed by atoms with E-state index >= 15 is 0 Å². The van der Waals surface area contributed by atoms with Crippen LogP contribution in [0.1, 0.15) is 32.1 Å². The van der Waals surface area contributed by atoms with Crippen LogP contribution >= 0.6 is 0 Å². The highest BCUT2D eigenvalue weighted by atomic mass is 19.4. The van der Waals surface area contributed by atoms with Gasteiger partial charge in [-0.05, 0) is 43.3 Å². The van der Waals surface area contributed by atoms with Gasteiger partial charge in [-0.1, -0.05) is 6.07 Å². The largest absolute Gasteiger partial charge is 0.495 e. The lowest BCUT2D eigenvalue weighted by molar-refractivity contribution is -0.137. The molecule has 11 heteroatoms. The normalized spacial score (nSPS) is 11.1. The second kappa shape index (κ2) is 9.38. The van der Waals surface area contributed by atoms with Crippen LogP contribution in [-0.2, 0) is 6.18 Å². The van der Waals surface area contributed by atoms with Crippen LogP contribution in [-0.4, -0.2) is 47.7 Å². The van der Waals surface area contributed by atoms with Gasteiger partial charge in [-0.3, -0.25) is 14.4 Å². The average molecular weight is 474 g/mol. The van der Waals surface area contributed by atoms with Crippen molar-refractivity contribution < 1.29 is 27.5 Å². The van der Waals surface area contributed by atoms with Crippen molar-refractivity contribution in [3.63, 3.8) is 0 Å². The minimum absolute atomic E-state index is 0.0255. The van der Waals surface area contributed by atoms with E-state index in [0.717, 1.165) is 22.9 Å². The SMILES string of the molecule is COc1ccc(C(=O)N(C)C)cc1NC(=O)c1nn(-c2cccc(C(F)(F)F)c2)c(C)cc1=O. The first kappa shape index (κ1) is 24.5. The minimum atomic E-state index is -4.57. The fraction of sp³-hybridized carbons (Fsp3) is 0.217. The molecule has 34 heavy (non-hydrogen) atoms. The fourth-order valence-corrected chi connectivity index (χ4v) is 3.16. The molecule has 8 nitrogen and oxygen atoms in total. The molecule has 2 aromatic carbocycles. The molecule has 0 radical (unpaired) electrons. The van der Waals surface area contributed by atoms with Gasteiger partial charge >= 0.3 is 6.18 Å². The summed E-state index contributed by atoms with van der Waals surface area (Å²) in [4.78, 5) is 39.0. The predicted molar refractivity (Wildman–Crippen MR) is 119 cm³/mol. The number of nitrogens with zero attached hydrogens (tertiary/aromatic N) is 3. The van der Waals surface area contributed by atoms with E-state index in [9.17, 15) is 27.6 Å². The van der Waals surface area contributed by atoms with Gasteiger partial charge in [0, 0.05) is 31.4 Å². The molecule has 0 unspecified atom stereocenters. The first-order valence-corrected chi connectivity index (χ1v) is 9.92. The number of carbonyl (C=O) groups is 2. The molecule has 0 atom stereocenters. The van der Waals surface area contributed by atoms with Gasteiger partial charge < -0.3 is 15.0 Å². The van der Waals surface area contributed by atoms with E-state index in [1.165, 1.54) is 49.3 Å². The zero-order chi connectivity index (χ0) is 25.2. The van der Waals surface area contributed by atoms with Crippen molar-refractivity contribution >= 4 is 17.5 Å². The van der Waals surface area contributed by atoms with Crippen LogP contribution in [0.2, 0.25) is 0 Å². The van der Waals surface area contributed by atoms with Crippen molar-refractivity contribution in [2.24, 2.45) is 0 Å². The fourth-order valence-electron chi connectivity index (χ4n) is 3.16. The Kier molecular flexibility index (Phi) is 6.75. The van der Waals surface area contributed by atoms with Crippen LogP contribution in [0.3, 0.4) is 0 Å². The summed E-state index contributed by atoms with van der Waals surface area (Å²) in [5.74, 6) is -1.01. The van der Waals surface area contributed by atoms with Gasteiger partial charge in [-0.2, -0.15) is 18.3 Å². The highest BCUT2D eigenvalue weighted by Crippen LogP contribution is 2.30. The van der Waals surface area contributed by atoms with Crippen molar-refractivity contribution in [2.45, 2.75) is 13.1 Å².